The zero-order valence-electron chi connectivity index (χ0n) is 18.5. The van der Waals surface area contributed by atoms with Crippen molar-refractivity contribution in [2.24, 2.45) is 5.10 Å². The molecular weight excluding hydrogens is 474 g/mol. The van der Waals surface area contributed by atoms with Crippen molar-refractivity contribution in [1.29, 1.82) is 0 Å². The van der Waals surface area contributed by atoms with Gasteiger partial charge in [-0.2, -0.15) is 9.78 Å². The standard InChI is InChI=1S/C24H26BrN3O4/c1-5-15(3)22-27-21-11-10-18(25)13-20(21)23(29)28(22)26-14-17-8-7-9-19(12-17)32-16(4)24(30)31-6-2/h7-16H,5-6H2,1-4H3/t15-,16-/m1/s1. The van der Waals surface area contributed by atoms with E-state index in [1.54, 1.807) is 44.3 Å². The largest absolute Gasteiger partial charge is 0.479 e. The van der Waals surface area contributed by atoms with Crippen LogP contribution in [0.3, 0.4) is 0 Å². The van der Waals surface area contributed by atoms with Crippen molar-refractivity contribution in [2.75, 3.05) is 6.61 Å². The van der Waals surface area contributed by atoms with Crippen molar-refractivity contribution >= 4 is 39.0 Å². The Bertz CT molecular complexity index is 1210. The average molecular weight is 500 g/mol. The summed E-state index contributed by atoms with van der Waals surface area (Å²) in [6, 6.07) is 12.6. The number of hydrogen-bond donors (Lipinski definition) is 0. The van der Waals surface area contributed by atoms with E-state index in [0.717, 1.165) is 16.5 Å². The minimum atomic E-state index is -0.732. The lowest BCUT2D eigenvalue weighted by Crippen LogP contribution is -2.26. The number of hydrogen-bond acceptors (Lipinski definition) is 6. The maximum absolute atomic E-state index is 13.2. The number of aromatic nitrogens is 2. The van der Waals surface area contributed by atoms with Gasteiger partial charge in [-0.3, -0.25) is 4.79 Å². The molecule has 0 aliphatic carbocycles. The molecule has 3 aromatic rings. The molecule has 0 fully saturated rings. The molecule has 32 heavy (non-hydrogen) atoms. The Morgan fingerprint density at radius 2 is 2.00 bits per heavy atom. The topological polar surface area (TPSA) is 82.8 Å². The molecule has 0 unspecified atom stereocenters. The molecule has 0 spiro atoms. The second-order valence-electron chi connectivity index (χ2n) is 7.39. The van der Waals surface area contributed by atoms with Gasteiger partial charge in [0.1, 0.15) is 11.6 Å². The number of fused-ring (bicyclic) bond motifs is 1. The number of nitrogens with zero attached hydrogens (tertiary/aromatic N) is 3. The third kappa shape index (κ3) is 5.43. The third-order valence-corrected chi connectivity index (χ3v) is 5.49. The van der Waals surface area contributed by atoms with Gasteiger partial charge in [0, 0.05) is 10.4 Å². The normalized spacial score (nSPS) is 13.3. The van der Waals surface area contributed by atoms with E-state index in [1.807, 2.05) is 32.0 Å². The van der Waals surface area contributed by atoms with Crippen LogP contribution in [-0.2, 0) is 9.53 Å². The second kappa shape index (κ2) is 10.5. The van der Waals surface area contributed by atoms with Crippen LogP contribution >= 0.6 is 15.9 Å². The maximum atomic E-state index is 13.2. The van der Waals surface area contributed by atoms with Gasteiger partial charge in [0.2, 0.25) is 0 Å². The predicted octanol–water partition coefficient (Wildman–Crippen LogP) is 4.89. The zero-order chi connectivity index (χ0) is 23.3. The number of esters is 1. The molecule has 1 aromatic heterocycles. The molecule has 0 amide bonds. The van der Waals surface area contributed by atoms with Crippen molar-refractivity contribution in [3.05, 3.63) is 68.7 Å². The van der Waals surface area contributed by atoms with Crippen LogP contribution in [0.2, 0.25) is 0 Å². The number of carbonyl (C=O) groups excluding carboxylic acids is 1. The number of ether oxygens (including phenoxy) is 2. The van der Waals surface area contributed by atoms with Gasteiger partial charge in [-0.05, 0) is 56.2 Å². The van der Waals surface area contributed by atoms with Crippen molar-refractivity contribution in [2.45, 2.75) is 46.1 Å². The SMILES string of the molecule is CCOC(=O)[C@@H](C)Oc1cccc(C=Nn2c([C@H](C)CC)nc3ccc(Br)cc3c2=O)c1. The highest BCUT2D eigenvalue weighted by Crippen LogP contribution is 2.21. The Morgan fingerprint density at radius 3 is 2.72 bits per heavy atom. The van der Waals surface area contributed by atoms with Crippen LogP contribution in [-0.4, -0.2) is 34.6 Å². The predicted molar refractivity (Wildman–Crippen MR) is 129 cm³/mol. The highest BCUT2D eigenvalue weighted by molar-refractivity contribution is 9.10. The van der Waals surface area contributed by atoms with Gasteiger partial charge in [-0.15, -0.1) is 0 Å². The molecule has 0 bridgehead atoms. The summed E-state index contributed by atoms with van der Waals surface area (Å²) in [4.78, 5) is 29.7. The highest BCUT2D eigenvalue weighted by atomic mass is 79.9. The van der Waals surface area contributed by atoms with E-state index in [0.29, 0.717) is 29.1 Å². The van der Waals surface area contributed by atoms with Crippen LogP contribution in [0.4, 0.5) is 0 Å². The van der Waals surface area contributed by atoms with Gasteiger partial charge in [-0.25, -0.2) is 9.78 Å². The molecule has 0 N–H and O–H groups in total. The van der Waals surface area contributed by atoms with E-state index in [9.17, 15) is 9.59 Å². The van der Waals surface area contributed by atoms with Crippen molar-refractivity contribution < 1.29 is 14.3 Å². The van der Waals surface area contributed by atoms with Gasteiger partial charge in [0.25, 0.3) is 5.56 Å². The first-order valence-corrected chi connectivity index (χ1v) is 11.3. The Kier molecular flexibility index (Phi) is 7.80. The first kappa shape index (κ1) is 23.7. The van der Waals surface area contributed by atoms with E-state index in [-0.39, 0.29) is 11.5 Å². The fraction of sp³-hybridized carbons (Fsp3) is 0.333. The number of benzene rings is 2. The molecule has 2 atom stereocenters. The Labute approximate surface area is 195 Å². The molecule has 0 saturated heterocycles. The monoisotopic (exact) mass is 499 g/mol. The molecule has 168 valence electrons. The van der Waals surface area contributed by atoms with Gasteiger partial charge in [0.05, 0.1) is 23.7 Å². The molecule has 0 aliphatic rings. The molecule has 0 radical (unpaired) electrons. The minimum Gasteiger partial charge on any atom is -0.479 e. The van der Waals surface area contributed by atoms with Crippen molar-refractivity contribution in [3.63, 3.8) is 0 Å². The van der Waals surface area contributed by atoms with Crippen LogP contribution in [0.25, 0.3) is 10.9 Å². The number of rotatable bonds is 8. The lowest BCUT2D eigenvalue weighted by atomic mass is 10.1. The first-order valence-electron chi connectivity index (χ1n) is 10.5. The molecule has 1 heterocycles. The summed E-state index contributed by atoms with van der Waals surface area (Å²) in [7, 11) is 0. The van der Waals surface area contributed by atoms with E-state index in [2.05, 4.69) is 21.0 Å². The summed E-state index contributed by atoms with van der Waals surface area (Å²) >= 11 is 3.41. The average Bonchev–Trinajstić information content (AvgIpc) is 2.78. The fourth-order valence-electron chi connectivity index (χ4n) is 3.08. The Balaban J connectivity index is 1.97. The Morgan fingerprint density at radius 1 is 1.22 bits per heavy atom. The van der Waals surface area contributed by atoms with Gasteiger partial charge in [-0.1, -0.05) is 41.9 Å². The summed E-state index contributed by atoms with van der Waals surface area (Å²) in [5.74, 6) is 0.731. The van der Waals surface area contributed by atoms with Crippen molar-refractivity contribution in [3.8, 4) is 5.75 Å². The summed E-state index contributed by atoms with van der Waals surface area (Å²) in [6.07, 6.45) is 1.67. The van der Waals surface area contributed by atoms with Crippen LogP contribution in [0.5, 0.6) is 5.75 Å². The van der Waals surface area contributed by atoms with Crippen LogP contribution in [0.1, 0.15) is 51.4 Å². The molecule has 7 nitrogen and oxygen atoms in total. The highest BCUT2D eigenvalue weighted by Gasteiger charge is 2.17. The first-order chi connectivity index (χ1) is 15.3. The molecule has 0 aliphatic heterocycles. The Hall–Kier alpha value is -3.00. The zero-order valence-corrected chi connectivity index (χ0v) is 20.1. The van der Waals surface area contributed by atoms with Gasteiger partial charge in [0.15, 0.2) is 6.10 Å². The fourth-order valence-corrected chi connectivity index (χ4v) is 3.44. The second-order valence-corrected chi connectivity index (χ2v) is 8.30. The van der Waals surface area contributed by atoms with E-state index < -0.39 is 12.1 Å². The molecule has 0 saturated carbocycles. The number of carbonyl (C=O) groups is 1. The smallest absolute Gasteiger partial charge is 0.347 e. The van der Waals surface area contributed by atoms with Crippen LogP contribution in [0.15, 0.2) is 56.8 Å². The van der Waals surface area contributed by atoms with E-state index >= 15 is 0 Å². The molecule has 2 aromatic carbocycles. The van der Waals surface area contributed by atoms with Crippen LogP contribution in [0, 0.1) is 0 Å². The lowest BCUT2D eigenvalue weighted by Gasteiger charge is -2.14. The lowest BCUT2D eigenvalue weighted by molar-refractivity contribution is -0.150. The van der Waals surface area contributed by atoms with E-state index in [1.165, 1.54) is 4.68 Å². The summed E-state index contributed by atoms with van der Waals surface area (Å²) in [6.45, 7) is 7.74. The molecular formula is C24H26BrN3O4. The van der Waals surface area contributed by atoms with Crippen molar-refractivity contribution in [1.82, 2.24) is 9.66 Å². The van der Waals surface area contributed by atoms with Gasteiger partial charge >= 0.3 is 5.97 Å². The maximum Gasteiger partial charge on any atom is 0.347 e. The summed E-state index contributed by atoms with van der Waals surface area (Å²) in [5, 5.41) is 4.95. The minimum absolute atomic E-state index is 0.0491. The molecule has 3 rings (SSSR count). The summed E-state index contributed by atoms with van der Waals surface area (Å²) < 4.78 is 12.8. The van der Waals surface area contributed by atoms with E-state index in [4.69, 9.17) is 14.5 Å². The quantitative estimate of drug-likeness (QED) is 0.325. The van der Waals surface area contributed by atoms with Crippen LogP contribution < -0.4 is 10.3 Å². The van der Waals surface area contributed by atoms with Gasteiger partial charge < -0.3 is 9.47 Å². The summed E-state index contributed by atoms with van der Waals surface area (Å²) in [5.41, 5.74) is 1.13. The number of halogens is 1. The molecule has 8 heteroatoms. The third-order valence-electron chi connectivity index (χ3n) is 5.00.